The molecule has 1 aliphatic heterocycles. The van der Waals surface area contributed by atoms with Crippen LogP contribution in [0.5, 0.6) is 0 Å². The predicted octanol–water partition coefficient (Wildman–Crippen LogP) is -1.29. The lowest BCUT2D eigenvalue weighted by molar-refractivity contribution is -0.0533. The van der Waals surface area contributed by atoms with Crippen LogP contribution in [0.1, 0.15) is 13.2 Å². The highest BCUT2D eigenvalue weighted by molar-refractivity contribution is 5.23. The molecular weight excluding hydrogens is 226 g/mol. The van der Waals surface area contributed by atoms with Crippen molar-refractivity contribution >= 4 is 5.82 Å². The van der Waals surface area contributed by atoms with E-state index in [0.29, 0.717) is 0 Å². The lowest BCUT2D eigenvalue weighted by Gasteiger charge is -2.17. The average molecular weight is 241 g/mol. The fourth-order valence-corrected chi connectivity index (χ4v) is 1.92. The first-order valence-corrected chi connectivity index (χ1v) is 5.33. The van der Waals surface area contributed by atoms with Crippen molar-refractivity contribution in [2.45, 2.75) is 25.4 Å². The zero-order valence-electron chi connectivity index (χ0n) is 9.35. The van der Waals surface area contributed by atoms with Gasteiger partial charge in [0.25, 0.3) is 0 Å². The normalized spacial score (nSPS) is 32.9. The smallest absolute Gasteiger partial charge is 0.351 e. The molecule has 2 rings (SSSR count). The summed E-state index contributed by atoms with van der Waals surface area (Å²) in [5.41, 5.74) is 4.79. The maximum atomic E-state index is 11.6. The van der Waals surface area contributed by atoms with Gasteiger partial charge in [0.15, 0.2) is 6.23 Å². The Labute approximate surface area is 97.5 Å². The number of rotatable bonds is 2. The molecule has 7 heteroatoms. The third kappa shape index (κ3) is 2.04. The zero-order chi connectivity index (χ0) is 12.6. The van der Waals surface area contributed by atoms with Gasteiger partial charge in [-0.2, -0.15) is 4.98 Å². The van der Waals surface area contributed by atoms with Gasteiger partial charge in [-0.05, 0) is 6.07 Å². The van der Waals surface area contributed by atoms with Crippen molar-refractivity contribution in [2.75, 3.05) is 12.3 Å². The van der Waals surface area contributed by atoms with E-state index in [2.05, 4.69) is 4.98 Å². The molecule has 0 bridgehead atoms. The van der Waals surface area contributed by atoms with E-state index < -0.39 is 24.1 Å². The van der Waals surface area contributed by atoms with Gasteiger partial charge in [-0.15, -0.1) is 0 Å². The fraction of sp³-hybridized carbons (Fsp3) is 0.600. The van der Waals surface area contributed by atoms with Crippen LogP contribution >= 0.6 is 0 Å². The molecule has 17 heavy (non-hydrogen) atoms. The van der Waals surface area contributed by atoms with Crippen molar-refractivity contribution in [3.05, 3.63) is 22.7 Å². The molecule has 0 unspecified atom stereocenters. The molecule has 1 aliphatic rings. The second-order valence-electron chi connectivity index (χ2n) is 4.14. The maximum absolute atomic E-state index is 11.6. The van der Waals surface area contributed by atoms with Gasteiger partial charge >= 0.3 is 5.69 Å². The Balaban J connectivity index is 2.32. The summed E-state index contributed by atoms with van der Waals surface area (Å²) in [6.07, 6.45) is -0.761. The van der Waals surface area contributed by atoms with Crippen molar-refractivity contribution in [2.24, 2.45) is 5.92 Å². The van der Waals surface area contributed by atoms with Crippen LogP contribution in [0, 0.1) is 5.92 Å². The van der Waals surface area contributed by atoms with E-state index in [1.807, 2.05) is 0 Å². The highest BCUT2D eigenvalue weighted by Crippen LogP contribution is 2.32. The molecule has 1 aromatic rings. The monoisotopic (exact) mass is 241 g/mol. The summed E-state index contributed by atoms with van der Waals surface area (Å²) in [6.45, 7) is 1.55. The van der Waals surface area contributed by atoms with Crippen LogP contribution in [0.15, 0.2) is 17.1 Å². The minimum atomic E-state index is -0.865. The number of nitrogens with zero attached hydrogens (tertiary/aromatic N) is 2. The molecule has 1 saturated heterocycles. The Hall–Kier alpha value is -1.44. The number of nitrogen functional groups attached to an aromatic ring is 1. The first-order valence-electron chi connectivity index (χ1n) is 5.33. The lowest BCUT2D eigenvalue weighted by atomic mass is 10.0. The van der Waals surface area contributed by atoms with Crippen molar-refractivity contribution in [1.29, 1.82) is 0 Å². The van der Waals surface area contributed by atoms with E-state index in [-0.39, 0.29) is 18.3 Å². The van der Waals surface area contributed by atoms with Crippen molar-refractivity contribution in [3.8, 4) is 0 Å². The van der Waals surface area contributed by atoms with E-state index in [1.54, 1.807) is 6.92 Å². The number of aliphatic hydroxyl groups is 2. The SMILES string of the molecule is C[C@@H]1[C@H](O)[C@@H](n2ccc(N)nc2=O)O[C@H]1CO. The Morgan fingerprint density at radius 1 is 1.65 bits per heavy atom. The van der Waals surface area contributed by atoms with E-state index in [1.165, 1.54) is 16.8 Å². The molecule has 0 spiro atoms. The number of aliphatic hydroxyl groups excluding tert-OH is 2. The largest absolute Gasteiger partial charge is 0.394 e. The van der Waals surface area contributed by atoms with E-state index >= 15 is 0 Å². The molecule has 0 saturated carbocycles. The van der Waals surface area contributed by atoms with Gasteiger partial charge in [-0.25, -0.2) is 4.79 Å². The number of hydrogen-bond donors (Lipinski definition) is 3. The maximum Gasteiger partial charge on any atom is 0.351 e. The van der Waals surface area contributed by atoms with Crippen LogP contribution < -0.4 is 11.4 Å². The van der Waals surface area contributed by atoms with Gasteiger partial charge in [-0.3, -0.25) is 4.57 Å². The van der Waals surface area contributed by atoms with Gasteiger partial charge in [0.1, 0.15) is 11.9 Å². The van der Waals surface area contributed by atoms with Gasteiger partial charge in [0.05, 0.1) is 12.7 Å². The number of nitrogens with two attached hydrogens (primary N) is 1. The van der Waals surface area contributed by atoms with Gasteiger partial charge in [-0.1, -0.05) is 6.92 Å². The molecule has 0 radical (unpaired) electrons. The molecule has 0 aliphatic carbocycles. The number of hydrogen-bond acceptors (Lipinski definition) is 6. The minimum absolute atomic E-state index is 0.116. The van der Waals surface area contributed by atoms with Gasteiger partial charge < -0.3 is 20.7 Å². The first-order chi connectivity index (χ1) is 8.04. The topological polar surface area (TPSA) is 111 Å². The molecule has 0 amide bonds. The molecule has 4 N–H and O–H groups in total. The summed E-state index contributed by atoms with van der Waals surface area (Å²) >= 11 is 0. The number of ether oxygens (including phenoxy) is 1. The van der Waals surface area contributed by atoms with Gasteiger partial charge in [0.2, 0.25) is 0 Å². The second-order valence-corrected chi connectivity index (χ2v) is 4.14. The third-order valence-corrected chi connectivity index (χ3v) is 3.04. The quantitative estimate of drug-likeness (QED) is 0.594. The third-order valence-electron chi connectivity index (χ3n) is 3.04. The van der Waals surface area contributed by atoms with Crippen molar-refractivity contribution in [1.82, 2.24) is 9.55 Å². The molecule has 94 valence electrons. The standard InChI is InChI=1S/C10H15N3O4/c1-5-6(4-14)17-9(8(5)15)13-3-2-7(11)12-10(13)16/h2-3,5-6,8-9,14-15H,4H2,1H3,(H2,11,12,16)/t5-,6-,8-,9-/m0/s1. The Kier molecular flexibility index (Phi) is 3.14. The first kappa shape index (κ1) is 12.0. The molecule has 1 fully saturated rings. The fourth-order valence-electron chi connectivity index (χ4n) is 1.92. The van der Waals surface area contributed by atoms with E-state index in [0.717, 1.165) is 0 Å². The van der Waals surface area contributed by atoms with Crippen LogP contribution in [0.4, 0.5) is 5.82 Å². The molecule has 1 aromatic heterocycles. The lowest BCUT2D eigenvalue weighted by Crippen LogP contribution is -2.33. The summed E-state index contributed by atoms with van der Waals surface area (Å²) < 4.78 is 6.60. The summed E-state index contributed by atoms with van der Waals surface area (Å²) in [4.78, 5) is 15.2. The van der Waals surface area contributed by atoms with Crippen LogP contribution in [0.2, 0.25) is 0 Å². The van der Waals surface area contributed by atoms with E-state index in [4.69, 9.17) is 15.6 Å². The predicted molar refractivity (Wildman–Crippen MR) is 59.1 cm³/mol. The molecule has 2 heterocycles. The summed E-state index contributed by atoms with van der Waals surface area (Å²) in [6, 6.07) is 1.45. The van der Waals surface area contributed by atoms with E-state index in [9.17, 15) is 9.90 Å². The average Bonchev–Trinajstić information content (AvgIpc) is 2.57. The van der Waals surface area contributed by atoms with Crippen molar-refractivity contribution < 1.29 is 14.9 Å². The zero-order valence-corrected chi connectivity index (χ0v) is 9.35. The van der Waals surface area contributed by atoms with Crippen LogP contribution in [0.25, 0.3) is 0 Å². The van der Waals surface area contributed by atoms with Crippen molar-refractivity contribution in [3.63, 3.8) is 0 Å². The highest BCUT2D eigenvalue weighted by Gasteiger charge is 2.41. The Morgan fingerprint density at radius 3 is 2.88 bits per heavy atom. The molecular formula is C10H15N3O4. The summed E-state index contributed by atoms with van der Waals surface area (Å²) in [7, 11) is 0. The van der Waals surface area contributed by atoms with Crippen LogP contribution in [-0.2, 0) is 4.74 Å². The minimum Gasteiger partial charge on any atom is -0.394 e. The summed E-state index contributed by atoms with van der Waals surface area (Å²) in [5, 5.41) is 19.0. The molecule has 7 nitrogen and oxygen atoms in total. The van der Waals surface area contributed by atoms with Crippen LogP contribution in [-0.4, -0.2) is 38.6 Å². The molecule has 0 aromatic carbocycles. The number of anilines is 1. The van der Waals surface area contributed by atoms with Crippen LogP contribution in [0.3, 0.4) is 0 Å². The molecule has 4 atom stereocenters. The van der Waals surface area contributed by atoms with Gasteiger partial charge in [0, 0.05) is 12.1 Å². The highest BCUT2D eigenvalue weighted by atomic mass is 16.5. The second kappa shape index (κ2) is 4.44. The Morgan fingerprint density at radius 2 is 2.35 bits per heavy atom. The Bertz CT molecular complexity index is 461. The summed E-state index contributed by atoms with van der Waals surface area (Å²) in [5.74, 6) is -0.139. The number of aromatic nitrogens is 2.